The maximum absolute atomic E-state index is 11.9. The van der Waals surface area contributed by atoms with Crippen molar-refractivity contribution in [2.75, 3.05) is 39.5 Å². The van der Waals surface area contributed by atoms with Gasteiger partial charge in [0.2, 0.25) is 0 Å². The highest BCUT2D eigenvalue weighted by Gasteiger charge is 2.27. The highest BCUT2D eigenvalue weighted by molar-refractivity contribution is 5.72. The largest absolute Gasteiger partial charge is 0.494 e. The van der Waals surface area contributed by atoms with Crippen molar-refractivity contribution >= 4 is 5.97 Å². The Labute approximate surface area is 149 Å². The van der Waals surface area contributed by atoms with Gasteiger partial charge in [-0.25, -0.2) is 0 Å². The number of aliphatic hydroxyl groups excluding tert-OH is 1. The molecule has 1 saturated heterocycles. The molecule has 0 bridgehead atoms. The first kappa shape index (κ1) is 19.5. The van der Waals surface area contributed by atoms with Gasteiger partial charge in [0.25, 0.3) is 0 Å². The number of likely N-dealkylation sites (tertiary alicyclic amines) is 1. The minimum Gasteiger partial charge on any atom is -0.494 e. The fourth-order valence-corrected chi connectivity index (χ4v) is 3.02. The molecule has 2 rings (SSSR count). The molecule has 6 nitrogen and oxygen atoms in total. The van der Waals surface area contributed by atoms with Crippen molar-refractivity contribution < 1.29 is 24.1 Å². The van der Waals surface area contributed by atoms with Crippen molar-refractivity contribution in [1.29, 1.82) is 0 Å². The molecular weight excluding hydrogens is 322 g/mol. The normalized spacial score (nSPS) is 19.2. The summed E-state index contributed by atoms with van der Waals surface area (Å²) in [6, 6.07) is 7.35. The Morgan fingerprint density at radius 2 is 1.88 bits per heavy atom. The summed E-state index contributed by atoms with van der Waals surface area (Å²) in [4.78, 5) is 14.0. The minimum atomic E-state index is -0.604. The number of benzene rings is 1. The lowest BCUT2D eigenvalue weighted by atomic mass is 9.98. The molecule has 1 aliphatic heterocycles. The second kappa shape index (κ2) is 10.3. The average molecular weight is 351 g/mol. The van der Waals surface area contributed by atoms with Crippen LogP contribution in [0.5, 0.6) is 11.5 Å². The maximum atomic E-state index is 11.9. The Morgan fingerprint density at radius 3 is 2.52 bits per heavy atom. The summed E-state index contributed by atoms with van der Waals surface area (Å²) in [5.74, 6) is 1.28. The van der Waals surface area contributed by atoms with Crippen LogP contribution in [0.1, 0.15) is 26.7 Å². The molecule has 0 radical (unpaired) electrons. The highest BCUT2D eigenvalue weighted by Crippen LogP contribution is 2.19. The molecular formula is C19H29NO5. The molecule has 0 amide bonds. The predicted molar refractivity (Wildman–Crippen MR) is 94.9 cm³/mol. The molecule has 1 fully saturated rings. The lowest BCUT2D eigenvalue weighted by Crippen LogP contribution is -2.44. The Morgan fingerprint density at radius 1 is 1.20 bits per heavy atom. The van der Waals surface area contributed by atoms with Gasteiger partial charge in [0.05, 0.1) is 19.1 Å². The van der Waals surface area contributed by atoms with E-state index < -0.39 is 6.10 Å². The standard InChI is InChI=1S/C19H29NO5/c1-3-23-17-7-9-18(10-8-17)25-14-16(21)13-20-11-5-6-15(12-20)19(22)24-4-2/h7-10,15-16,21H,3-6,11-14H2,1-2H3. The molecule has 140 valence electrons. The molecule has 1 aliphatic rings. The minimum absolute atomic E-state index is 0.0899. The van der Waals surface area contributed by atoms with Crippen LogP contribution >= 0.6 is 0 Å². The summed E-state index contributed by atoms with van der Waals surface area (Å²) in [5.41, 5.74) is 0. The summed E-state index contributed by atoms with van der Waals surface area (Å²) in [7, 11) is 0. The number of β-amino-alcohol motifs (C(OH)–C–C–N with tert-alkyl or cyclic N) is 1. The van der Waals surface area contributed by atoms with E-state index in [4.69, 9.17) is 14.2 Å². The summed E-state index contributed by atoms with van der Waals surface area (Å²) < 4.78 is 16.1. The Kier molecular flexibility index (Phi) is 8.01. The second-order valence-electron chi connectivity index (χ2n) is 6.22. The van der Waals surface area contributed by atoms with Gasteiger partial charge in [-0.05, 0) is 57.5 Å². The van der Waals surface area contributed by atoms with Gasteiger partial charge in [0.15, 0.2) is 0 Å². The number of piperidine rings is 1. The van der Waals surface area contributed by atoms with E-state index >= 15 is 0 Å². The first-order valence-corrected chi connectivity index (χ1v) is 9.05. The monoisotopic (exact) mass is 351 g/mol. The number of hydrogen-bond donors (Lipinski definition) is 1. The molecule has 1 aromatic rings. The van der Waals surface area contributed by atoms with E-state index in [1.54, 1.807) is 0 Å². The molecule has 0 aromatic heterocycles. The number of rotatable bonds is 9. The third-order valence-electron chi connectivity index (χ3n) is 4.17. The smallest absolute Gasteiger partial charge is 0.310 e. The maximum Gasteiger partial charge on any atom is 0.310 e. The summed E-state index contributed by atoms with van der Waals surface area (Å²) >= 11 is 0. The van der Waals surface area contributed by atoms with Crippen molar-refractivity contribution in [3.05, 3.63) is 24.3 Å². The summed E-state index contributed by atoms with van der Waals surface area (Å²) in [5, 5.41) is 10.2. The van der Waals surface area contributed by atoms with E-state index in [9.17, 15) is 9.90 Å². The zero-order valence-corrected chi connectivity index (χ0v) is 15.1. The van der Waals surface area contributed by atoms with Gasteiger partial charge in [0, 0.05) is 13.1 Å². The van der Waals surface area contributed by atoms with Gasteiger partial charge in [-0.1, -0.05) is 0 Å². The van der Waals surface area contributed by atoms with Crippen LogP contribution in [-0.4, -0.2) is 61.5 Å². The van der Waals surface area contributed by atoms with Crippen LogP contribution in [0, 0.1) is 5.92 Å². The zero-order chi connectivity index (χ0) is 18.1. The molecule has 25 heavy (non-hydrogen) atoms. The first-order chi connectivity index (χ1) is 12.1. The van der Waals surface area contributed by atoms with Crippen molar-refractivity contribution in [3.63, 3.8) is 0 Å². The molecule has 1 heterocycles. The average Bonchev–Trinajstić information content (AvgIpc) is 2.62. The molecule has 6 heteroatoms. The van der Waals surface area contributed by atoms with E-state index in [1.165, 1.54) is 0 Å². The van der Waals surface area contributed by atoms with Gasteiger partial charge < -0.3 is 19.3 Å². The fraction of sp³-hybridized carbons (Fsp3) is 0.632. The number of carbonyl (C=O) groups excluding carboxylic acids is 1. The van der Waals surface area contributed by atoms with Crippen molar-refractivity contribution in [1.82, 2.24) is 4.90 Å². The van der Waals surface area contributed by atoms with E-state index in [2.05, 4.69) is 4.90 Å². The van der Waals surface area contributed by atoms with E-state index in [-0.39, 0.29) is 18.5 Å². The Bertz CT molecular complexity index is 519. The molecule has 1 aromatic carbocycles. The number of carbonyl (C=O) groups is 1. The number of aliphatic hydroxyl groups is 1. The third kappa shape index (κ3) is 6.55. The number of ether oxygens (including phenoxy) is 3. The van der Waals surface area contributed by atoms with Crippen LogP contribution in [0.2, 0.25) is 0 Å². The Hall–Kier alpha value is -1.79. The van der Waals surface area contributed by atoms with Gasteiger partial charge in [-0.15, -0.1) is 0 Å². The number of hydrogen-bond acceptors (Lipinski definition) is 6. The van der Waals surface area contributed by atoms with E-state index in [1.807, 2.05) is 38.1 Å². The molecule has 1 N–H and O–H groups in total. The van der Waals surface area contributed by atoms with Crippen LogP contribution in [0.4, 0.5) is 0 Å². The third-order valence-corrected chi connectivity index (χ3v) is 4.17. The van der Waals surface area contributed by atoms with Crippen molar-refractivity contribution in [2.45, 2.75) is 32.8 Å². The number of nitrogens with zero attached hydrogens (tertiary/aromatic N) is 1. The number of esters is 1. The molecule has 0 spiro atoms. The lowest BCUT2D eigenvalue weighted by Gasteiger charge is -2.32. The Balaban J connectivity index is 1.73. The molecule has 2 unspecified atom stereocenters. The van der Waals surface area contributed by atoms with Crippen LogP contribution in [0.25, 0.3) is 0 Å². The predicted octanol–water partition coefficient (Wildman–Crippen LogP) is 2.10. The molecule has 0 saturated carbocycles. The fourth-order valence-electron chi connectivity index (χ4n) is 3.02. The summed E-state index contributed by atoms with van der Waals surface area (Å²) in [6.07, 6.45) is 1.19. The van der Waals surface area contributed by atoms with E-state index in [0.29, 0.717) is 32.1 Å². The van der Waals surface area contributed by atoms with Gasteiger partial charge in [0.1, 0.15) is 24.2 Å². The van der Waals surface area contributed by atoms with Crippen LogP contribution in [0.3, 0.4) is 0 Å². The SMILES string of the molecule is CCOC(=O)C1CCCN(CC(O)COc2ccc(OCC)cc2)C1. The van der Waals surface area contributed by atoms with Crippen LogP contribution < -0.4 is 9.47 Å². The topological polar surface area (TPSA) is 68.2 Å². The summed E-state index contributed by atoms with van der Waals surface area (Å²) in [6.45, 7) is 7.03. The lowest BCUT2D eigenvalue weighted by molar-refractivity contribution is -0.150. The molecule has 0 aliphatic carbocycles. The van der Waals surface area contributed by atoms with Crippen LogP contribution in [0.15, 0.2) is 24.3 Å². The van der Waals surface area contributed by atoms with Gasteiger partial charge >= 0.3 is 5.97 Å². The highest BCUT2D eigenvalue weighted by atomic mass is 16.5. The van der Waals surface area contributed by atoms with Crippen LogP contribution in [-0.2, 0) is 9.53 Å². The van der Waals surface area contributed by atoms with E-state index in [0.717, 1.165) is 25.1 Å². The molecule has 2 atom stereocenters. The quantitative estimate of drug-likeness (QED) is 0.687. The van der Waals surface area contributed by atoms with Crippen molar-refractivity contribution in [3.8, 4) is 11.5 Å². The van der Waals surface area contributed by atoms with Gasteiger partial charge in [-0.2, -0.15) is 0 Å². The zero-order valence-electron chi connectivity index (χ0n) is 15.1. The second-order valence-corrected chi connectivity index (χ2v) is 6.22. The van der Waals surface area contributed by atoms with Gasteiger partial charge in [-0.3, -0.25) is 9.69 Å². The van der Waals surface area contributed by atoms with Crippen molar-refractivity contribution in [2.24, 2.45) is 5.92 Å². The first-order valence-electron chi connectivity index (χ1n) is 9.05.